The molecule has 11 nitrogen and oxygen atoms in total. The molecule has 0 saturated heterocycles. The largest absolute Gasteiger partial charge is 0.482 e. The van der Waals surface area contributed by atoms with Crippen LogP contribution in [0.2, 0.25) is 0 Å². The number of hydrogen-bond acceptors (Lipinski definition) is 8. The number of aliphatic hydroxyl groups excluding tert-OH is 1. The maximum Gasteiger partial charge on any atom is 0.265 e. The molecule has 4 aromatic rings. The topological polar surface area (TPSA) is 149 Å². The zero-order chi connectivity index (χ0) is 30.1. The van der Waals surface area contributed by atoms with Crippen molar-refractivity contribution in [3.63, 3.8) is 0 Å². The van der Waals surface area contributed by atoms with E-state index in [1.165, 1.54) is 4.90 Å². The van der Waals surface area contributed by atoms with Gasteiger partial charge in [-0.05, 0) is 60.1 Å². The summed E-state index contributed by atoms with van der Waals surface area (Å²) in [7, 11) is 0. The summed E-state index contributed by atoms with van der Waals surface area (Å²) < 4.78 is 21.1. The molecule has 1 aromatic carbocycles. The van der Waals surface area contributed by atoms with Crippen molar-refractivity contribution >= 4 is 28.5 Å². The third kappa shape index (κ3) is 4.51. The SMILES string of the molecule is CC(C)Cc1nc2c(cnn2CC23CC(CO)(C2)C3)c(-c2ccc3c(c2)OCC(=O)N3Cc2ncc(F)cn2)c1C(N)=O. The fourth-order valence-electron chi connectivity index (χ4n) is 7.33. The molecule has 0 atom stereocenters. The second kappa shape index (κ2) is 9.80. The summed E-state index contributed by atoms with van der Waals surface area (Å²) in [5.41, 5.74) is 9.66. The Bertz CT molecular complexity index is 1770. The fraction of sp³-hybridized carbons (Fsp3) is 0.419. The number of nitrogens with two attached hydrogens (primary N) is 1. The molecular weight excluding hydrogens is 553 g/mol. The van der Waals surface area contributed by atoms with Crippen LogP contribution in [-0.4, -0.2) is 54.9 Å². The van der Waals surface area contributed by atoms with E-state index in [0.29, 0.717) is 57.8 Å². The van der Waals surface area contributed by atoms with E-state index in [1.54, 1.807) is 18.3 Å². The number of amides is 2. The first kappa shape index (κ1) is 27.4. The maximum atomic E-state index is 13.3. The smallest absolute Gasteiger partial charge is 0.265 e. The molecule has 1 aliphatic heterocycles. The summed E-state index contributed by atoms with van der Waals surface area (Å²) in [6.07, 6.45) is 7.33. The van der Waals surface area contributed by atoms with Crippen LogP contribution in [0.1, 0.15) is 55.0 Å². The van der Waals surface area contributed by atoms with E-state index in [0.717, 1.165) is 31.7 Å². The predicted molar refractivity (Wildman–Crippen MR) is 155 cm³/mol. The number of aromatic nitrogens is 5. The van der Waals surface area contributed by atoms with Gasteiger partial charge >= 0.3 is 0 Å². The minimum absolute atomic E-state index is 0.0471. The van der Waals surface area contributed by atoms with Crippen LogP contribution in [0, 0.1) is 22.6 Å². The fourth-order valence-corrected chi connectivity index (χ4v) is 7.33. The quantitative estimate of drug-likeness (QED) is 0.304. The van der Waals surface area contributed by atoms with Crippen molar-refractivity contribution in [2.45, 2.75) is 52.6 Å². The molecule has 2 amide bonds. The van der Waals surface area contributed by atoms with Crippen LogP contribution < -0.4 is 15.4 Å². The van der Waals surface area contributed by atoms with Crippen LogP contribution in [0.25, 0.3) is 22.2 Å². The van der Waals surface area contributed by atoms with E-state index in [-0.39, 0.29) is 48.2 Å². The number of anilines is 1. The summed E-state index contributed by atoms with van der Waals surface area (Å²) in [6, 6.07) is 5.37. The molecule has 2 bridgehead atoms. The van der Waals surface area contributed by atoms with Crippen molar-refractivity contribution in [1.82, 2.24) is 24.7 Å². The van der Waals surface area contributed by atoms with E-state index < -0.39 is 11.7 Å². The highest BCUT2D eigenvalue weighted by atomic mass is 19.1. The molecular formula is C31H32FN7O4. The van der Waals surface area contributed by atoms with Crippen molar-refractivity contribution in [2.75, 3.05) is 18.1 Å². The number of benzene rings is 1. The predicted octanol–water partition coefficient (Wildman–Crippen LogP) is 3.41. The van der Waals surface area contributed by atoms with Crippen LogP contribution in [0.4, 0.5) is 10.1 Å². The van der Waals surface area contributed by atoms with E-state index in [4.69, 9.17) is 20.6 Å². The van der Waals surface area contributed by atoms with E-state index in [1.807, 2.05) is 10.7 Å². The van der Waals surface area contributed by atoms with Crippen molar-refractivity contribution in [1.29, 1.82) is 0 Å². The Morgan fingerprint density at radius 1 is 1.16 bits per heavy atom. The summed E-state index contributed by atoms with van der Waals surface area (Å²) in [5.74, 6) is -0.474. The van der Waals surface area contributed by atoms with Crippen molar-refractivity contribution in [3.8, 4) is 16.9 Å². The van der Waals surface area contributed by atoms with Crippen LogP contribution in [0.3, 0.4) is 0 Å². The number of primary amides is 1. The Labute approximate surface area is 246 Å². The summed E-state index contributed by atoms with van der Waals surface area (Å²) in [6.45, 7) is 4.89. The van der Waals surface area contributed by atoms with Crippen molar-refractivity contribution in [2.24, 2.45) is 22.5 Å². The number of pyridine rings is 1. The number of aliphatic hydroxyl groups is 1. The van der Waals surface area contributed by atoms with Gasteiger partial charge in [-0.3, -0.25) is 14.5 Å². The minimum atomic E-state index is -0.582. The molecule has 3 fully saturated rings. The van der Waals surface area contributed by atoms with E-state index >= 15 is 0 Å². The Balaban J connectivity index is 1.32. The second-order valence-electron chi connectivity index (χ2n) is 12.8. The van der Waals surface area contributed by atoms with E-state index in [9.17, 15) is 19.1 Å². The first-order chi connectivity index (χ1) is 20.6. The third-order valence-electron chi connectivity index (χ3n) is 8.94. The van der Waals surface area contributed by atoms with Crippen LogP contribution in [-0.2, 0) is 24.3 Å². The molecule has 0 unspecified atom stereocenters. The molecule has 8 rings (SSSR count). The van der Waals surface area contributed by atoms with Gasteiger partial charge in [0, 0.05) is 24.1 Å². The number of nitrogens with zero attached hydrogens (tertiary/aromatic N) is 6. The molecule has 12 heteroatoms. The molecule has 3 aromatic heterocycles. The normalized spacial score (nSPS) is 22.3. The lowest BCUT2D eigenvalue weighted by Gasteiger charge is -2.70. The number of rotatable bonds is 9. The third-order valence-corrected chi connectivity index (χ3v) is 8.94. The monoisotopic (exact) mass is 585 g/mol. The summed E-state index contributed by atoms with van der Waals surface area (Å²) in [4.78, 5) is 40.3. The first-order valence-electron chi connectivity index (χ1n) is 14.4. The van der Waals surface area contributed by atoms with Crippen LogP contribution in [0.15, 0.2) is 36.8 Å². The highest BCUT2D eigenvalue weighted by Gasteiger charge is 2.67. The Kier molecular flexibility index (Phi) is 6.24. The number of hydrogen-bond donors (Lipinski definition) is 2. The molecule has 43 heavy (non-hydrogen) atoms. The van der Waals surface area contributed by atoms with Gasteiger partial charge in [-0.1, -0.05) is 19.9 Å². The van der Waals surface area contributed by atoms with Gasteiger partial charge in [0.15, 0.2) is 18.1 Å². The summed E-state index contributed by atoms with van der Waals surface area (Å²) in [5, 5.41) is 15.2. The zero-order valence-corrected chi connectivity index (χ0v) is 24.0. The second-order valence-corrected chi connectivity index (χ2v) is 12.8. The average molecular weight is 586 g/mol. The van der Waals surface area contributed by atoms with Gasteiger partial charge in [-0.15, -0.1) is 0 Å². The Hall–Kier alpha value is -4.45. The molecule has 222 valence electrons. The van der Waals surface area contributed by atoms with Gasteiger partial charge in [-0.25, -0.2) is 24.0 Å². The van der Waals surface area contributed by atoms with Gasteiger partial charge in [0.05, 0.1) is 42.1 Å². The number of fused-ring (bicyclic) bond motifs is 2. The average Bonchev–Trinajstić information content (AvgIpc) is 3.33. The Morgan fingerprint density at radius 2 is 1.91 bits per heavy atom. The van der Waals surface area contributed by atoms with E-state index in [2.05, 4.69) is 23.8 Å². The summed E-state index contributed by atoms with van der Waals surface area (Å²) >= 11 is 0. The standard InChI is InChI=1S/C31H32FN7O4/c1-17(2)5-21-27(28(33)42)26(20-9-36-39(29(20)37-21)15-30-12-31(13-30,14-30)16-40)18-3-4-22-23(6-18)43-11-25(41)38(22)10-24-34-7-19(32)8-35-24/h3-4,6-9,17,40H,5,10-16H2,1-2H3,(H2,33,42). The molecule has 3 N–H and O–H groups in total. The van der Waals surface area contributed by atoms with Crippen molar-refractivity contribution < 1.29 is 23.8 Å². The zero-order valence-electron chi connectivity index (χ0n) is 24.0. The van der Waals surface area contributed by atoms with Crippen LogP contribution in [0.5, 0.6) is 5.75 Å². The lowest BCUT2D eigenvalue weighted by molar-refractivity contribution is -0.230. The van der Waals surface area contributed by atoms with Gasteiger partial charge in [0.2, 0.25) is 0 Å². The van der Waals surface area contributed by atoms with Gasteiger partial charge in [0.25, 0.3) is 11.8 Å². The Morgan fingerprint density at radius 3 is 2.58 bits per heavy atom. The van der Waals surface area contributed by atoms with Crippen LogP contribution >= 0.6 is 0 Å². The molecule has 4 heterocycles. The number of carbonyl (C=O) groups is 2. The van der Waals surface area contributed by atoms with Crippen molar-refractivity contribution in [3.05, 3.63) is 59.7 Å². The molecule has 0 radical (unpaired) electrons. The lowest BCUT2D eigenvalue weighted by Crippen LogP contribution is -2.64. The molecule has 4 aliphatic rings. The number of carbonyl (C=O) groups excluding carboxylic acids is 2. The highest BCUT2D eigenvalue weighted by molar-refractivity contribution is 6.09. The minimum Gasteiger partial charge on any atom is -0.482 e. The molecule has 3 saturated carbocycles. The molecule has 3 aliphatic carbocycles. The number of ether oxygens (including phenoxy) is 1. The first-order valence-corrected chi connectivity index (χ1v) is 14.4. The van der Waals surface area contributed by atoms with Gasteiger partial charge in [-0.2, -0.15) is 5.10 Å². The van der Waals surface area contributed by atoms with Gasteiger partial charge < -0.3 is 15.6 Å². The highest BCUT2D eigenvalue weighted by Crippen LogP contribution is 2.73. The van der Waals surface area contributed by atoms with Gasteiger partial charge in [0.1, 0.15) is 11.6 Å². The number of halogens is 1. The molecule has 0 spiro atoms. The maximum absolute atomic E-state index is 13.3. The lowest BCUT2D eigenvalue weighted by atomic mass is 9.35.